The van der Waals surface area contributed by atoms with Crippen LogP contribution in [0.5, 0.6) is 0 Å². The minimum Gasteiger partial charge on any atom is -0.340 e. The highest BCUT2D eigenvalue weighted by molar-refractivity contribution is 5.93. The summed E-state index contributed by atoms with van der Waals surface area (Å²) in [5, 5.41) is 3.31. The topological polar surface area (TPSA) is 58.1 Å². The van der Waals surface area contributed by atoms with E-state index in [1.807, 2.05) is 19.2 Å². The van der Waals surface area contributed by atoms with E-state index in [0.717, 1.165) is 25.1 Å². The summed E-state index contributed by atoms with van der Waals surface area (Å²) in [5.41, 5.74) is 3.79. The molecule has 1 aromatic carbocycles. The van der Waals surface area contributed by atoms with Crippen LogP contribution in [0, 0.1) is 20.8 Å². The Morgan fingerprint density at radius 1 is 1.21 bits per heavy atom. The molecule has 1 amide bonds. The number of unbranched alkanes of at least 4 members (excludes halogenated alkanes) is 1. The Hall–Kier alpha value is -2.43. The van der Waals surface area contributed by atoms with Gasteiger partial charge in [-0.25, -0.2) is 9.97 Å². The molecule has 0 aliphatic rings. The molecule has 0 saturated carbocycles. The summed E-state index contributed by atoms with van der Waals surface area (Å²) in [4.78, 5) is 23.0. The number of hydrogen-bond acceptors (Lipinski definition) is 4. The number of aryl methyl sites for hydroxylation is 2. The number of nitrogens with one attached hydrogen (secondary N) is 1. The van der Waals surface area contributed by atoms with Crippen molar-refractivity contribution in [2.75, 3.05) is 18.9 Å². The van der Waals surface area contributed by atoms with E-state index in [1.54, 1.807) is 17.9 Å². The molecule has 0 saturated heterocycles. The monoisotopic (exact) mass is 326 g/mol. The van der Waals surface area contributed by atoms with Gasteiger partial charge < -0.3 is 10.2 Å². The number of rotatable bonds is 6. The lowest BCUT2D eigenvalue weighted by molar-refractivity contribution is 0.0787. The Morgan fingerprint density at radius 2 is 1.96 bits per heavy atom. The average molecular weight is 326 g/mol. The number of carbonyl (C=O) groups is 1. The van der Waals surface area contributed by atoms with Gasteiger partial charge in [-0.1, -0.05) is 25.5 Å². The first kappa shape index (κ1) is 17.9. The van der Waals surface area contributed by atoms with E-state index < -0.39 is 0 Å². The van der Waals surface area contributed by atoms with Crippen LogP contribution in [0.2, 0.25) is 0 Å². The van der Waals surface area contributed by atoms with Gasteiger partial charge in [-0.2, -0.15) is 0 Å². The predicted molar refractivity (Wildman–Crippen MR) is 97.8 cm³/mol. The number of carbonyl (C=O) groups excluding carboxylic acids is 1. The minimum absolute atomic E-state index is 0.0713. The molecule has 0 unspecified atom stereocenters. The Kier molecular flexibility index (Phi) is 5.90. The number of aromatic nitrogens is 2. The van der Waals surface area contributed by atoms with Crippen LogP contribution >= 0.6 is 0 Å². The Labute approximate surface area is 144 Å². The number of hydrogen-bond donors (Lipinski definition) is 1. The lowest BCUT2D eigenvalue weighted by Gasteiger charge is -2.17. The smallest absolute Gasteiger partial charge is 0.272 e. The number of benzene rings is 1. The van der Waals surface area contributed by atoms with Gasteiger partial charge in [0.15, 0.2) is 0 Å². The van der Waals surface area contributed by atoms with Gasteiger partial charge in [0.25, 0.3) is 5.91 Å². The molecule has 1 N–H and O–H groups in total. The highest BCUT2D eigenvalue weighted by Gasteiger charge is 2.15. The van der Waals surface area contributed by atoms with E-state index in [-0.39, 0.29) is 5.91 Å². The van der Waals surface area contributed by atoms with E-state index in [0.29, 0.717) is 17.3 Å². The van der Waals surface area contributed by atoms with Crippen LogP contribution < -0.4 is 5.32 Å². The molecule has 0 aliphatic heterocycles. The SMILES string of the molecule is CCCCN(C)C(=O)c1cc(Nc2cccc(C)c2C)nc(C)n1. The zero-order chi connectivity index (χ0) is 17.7. The maximum atomic E-state index is 12.5. The lowest BCUT2D eigenvalue weighted by atomic mass is 10.1. The molecule has 128 valence electrons. The number of anilines is 2. The Morgan fingerprint density at radius 3 is 2.67 bits per heavy atom. The summed E-state index contributed by atoms with van der Waals surface area (Å²) in [6.07, 6.45) is 2.04. The van der Waals surface area contributed by atoms with Crippen LogP contribution in [0.1, 0.15) is 47.2 Å². The normalized spacial score (nSPS) is 10.5. The Balaban J connectivity index is 2.25. The zero-order valence-electron chi connectivity index (χ0n) is 15.2. The van der Waals surface area contributed by atoms with Gasteiger partial charge in [-0.15, -0.1) is 0 Å². The third-order valence-corrected chi connectivity index (χ3v) is 4.12. The molecule has 0 atom stereocenters. The fraction of sp³-hybridized carbons (Fsp3) is 0.421. The van der Waals surface area contributed by atoms with Gasteiger partial charge in [0.1, 0.15) is 17.3 Å². The second-order valence-corrected chi connectivity index (χ2v) is 6.14. The van der Waals surface area contributed by atoms with Crippen molar-refractivity contribution >= 4 is 17.4 Å². The molecular weight excluding hydrogens is 300 g/mol. The van der Waals surface area contributed by atoms with Crippen LogP contribution in [0.3, 0.4) is 0 Å². The van der Waals surface area contributed by atoms with Crippen LogP contribution in [-0.4, -0.2) is 34.4 Å². The molecule has 5 nitrogen and oxygen atoms in total. The number of nitrogens with zero attached hydrogens (tertiary/aromatic N) is 3. The highest BCUT2D eigenvalue weighted by Crippen LogP contribution is 2.22. The van der Waals surface area contributed by atoms with Crippen LogP contribution in [0.4, 0.5) is 11.5 Å². The third-order valence-electron chi connectivity index (χ3n) is 4.12. The second kappa shape index (κ2) is 7.90. The van der Waals surface area contributed by atoms with Crippen molar-refractivity contribution in [3.63, 3.8) is 0 Å². The molecule has 1 aromatic heterocycles. The lowest BCUT2D eigenvalue weighted by Crippen LogP contribution is -2.28. The minimum atomic E-state index is -0.0713. The van der Waals surface area contributed by atoms with Crippen molar-refractivity contribution < 1.29 is 4.79 Å². The quantitative estimate of drug-likeness (QED) is 0.871. The standard InChI is InChI=1S/C19H26N4O/c1-6-7-11-23(5)19(24)17-12-18(21-15(4)20-17)22-16-10-8-9-13(2)14(16)3/h8-10,12H,6-7,11H2,1-5H3,(H,20,21,22). The van der Waals surface area contributed by atoms with Crippen LogP contribution in [0.25, 0.3) is 0 Å². The summed E-state index contributed by atoms with van der Waals surface area (Å²) in [5.74, 6) is 1.15. The van der Waals surface area contributed by atoms with Gasteiger partial charge >= 0.3 is 0 Å². The fourth-order valence-electron chi connectivity index (χ4n) is 2.46. The summed E-state index contributed by atoms with van der Waals surface area (Å²) in [7, 11) is 1.81. The molecule has 5 heteroatoms. The second-order valence-electron chi connectivity index (χ2n) is 6.14. The number of amides is 1. The highest BCUT2D eigenvalue weighted by atomic mass is 16.2. The van der Waals surface area contributed by atoms with E-state index in [1.165, 1.54) is 11.1 Å². The van der Waals surface area contributed by atoms with Gasteiger partial charge in [-0.3, -0.25) is 4.79 Å². The Bertz CT molecular complexity index is 727. The first-order valence-corrected chi connectivity index (χ1v) is 8.36. The van der Waals surface area contributed by atoms with Crippen molar-refractivity contribution in [3.8, 4) is 0 Å². The first-order chi connectivity index (χ1) is 11.4. The maximum Gasteiger partial charge on any atom is 0.272 e. The summed E-state index contributed by atoms with van der Waals surface area (Å²) < 4.78 is 0. The van der Waals surface area contributed by atoms with Gasteiger partial charge in [-0.05, 0) is 44.4 Å². The average Bonchev–Trinajstić information content (AvgIpc) is 2.55. The third kappa shape index (κ3) is 4.31. The largest absolute Gasteiger partial charge is 0.340 e. The van der Waals surface area contributed by atoms with E-state index in [4.69, 9.17) is 0 Å². The molecule has 0 aliphatic carbocycles. The van der Waals surface area contributed by atoms with Gasteiger partial charge in [0.05, 0.1) is 0 Å². The van der Waals surface area contributed by atoms with Crippen molar-refractivity contribution in [2.24, 2.45) is 0 Å². The molecule has 0 fully saturated rings. The molecule has 0 spiro atoms. The van der Waals surface area contributed by atoms with Crippen molar-refractivity contribution in [3.05, 3.63) is 46.9 Å². The first-order valence-electron chi connectivity index (χ1n) is 8.36. The molecule has 0 radical (unpaired) electrons. The van der Waals surface area contributed by atoms with E-state index >= 15 is 0 Å². The zero-order valence-corrected chi connectivity index (χ0v) is 15.2. The summed E-state index contributed by atoms with van der Waals surface area (Å²) in [6.45, 7) is 8.79. The predicted octanol–water partition coefficient (Wildman–Crippen LogP) is 4.02. The van der Waals surface area contributed by atoms with Crippen LogP contribution in [-0.2, 0) is 0 Å². The fourth-order valence-corrected chi connectivity index (χ4v) is 2.46. The summed E-state index contributed by atoms with van der Waals surface area (Å²) >= 11 is 0. The molecular formula is C19H26N4O. The molecule has 24 heavy (non-hydrogen) atoms. The molecule has 0 bridgehead atoms. The maximum absolute atomic E-state index is 12.5. The van der Waals surface area contributed by atoms with Crippen molar-refractivity contribution in [1.29, 1.82) is 0 Å². The van der Waals surface area contributed by atoms with Gasteiger partial charge in [0.2, 0.25) is 0 Å². The van der Waals surface area contributed by atoms with Crippen molar-refractivity contribution in [1.82, 2.24) is 14.9 Å². The van der Waals surface area contributed by atoms with E-state index in [2.05, 4.69) is 42.1 Å². The molecule has 2 rings (SSSR count). The molecule has 1 heterocycles. The summed E-state index contributed by atoms with van der Waals surface area (Å²) in [6, 6.07) is 7.81. The van der Waals surface area contributed by atoms with Gasteiger partial charge in [0, 0.05) is 25.3 Å². The van der Waals surface area contributed by atoms with E-state index in [9.17, 15) is 4.79 Å². The van der Waals surface area contributed by atoms with Crippen molar-refractivity contribution in [2.45, 2.75) is 40.5 Å². The molecule has 2 aromatic rings. The van der Waals surface area contributed by atoms with Crippen LogP contribution in [0.15, 0.2) is 24.3 Å².